The summed E-state index contributed by atoms with van der Waals surface area (Å²) in [4.78, 5) is 27.8. The molecule has 0 aliphatic carbocycles. The third kappa shape index (κ3) is 7.54. The van der Waals surface area contributed by atoms with Crippen molar-refractivity contribution in [3.05, 3.63) is 53.2 Å². The first-order chi connectivity index (χ1) is 15.1. The number of nitrogens with zero attached hydrogens (tertiary/aromatic N) is 3. The van der Waals surface area contributed by atoms with Crippen molar-refractivity contribution in [1.82, 2.24) is 25.3 Å². The van der Waals surface area contributed by atoms with Crippen LogP contribution in [0.1, 0.15) is 12.1 Å². The lowest BCUT2D eigenvalue weighted by Gasteiger charge is -2.11. The van der Waals surface area contributed by atoms with E-state index in [0.717, 1.165) is 28.7 Å². The van der Waals surface area contributed by atoms with Crippen LogP contribution in [0.2, 0.25) is 0 Å². The number of hydrogen-bond donors (Lipinski definition) is 5. The minimum absolute atomic E-state index is 0.251. The molecule has 0 saturated carbocycles. The molecule has 5 N–H and O–H groups in total. The Morgan fingerprint density at radius 3 is 2.71 bits per heavy atom. The monoisotopic (exact) mass is 488 g/mol. The fraction of sp³-hybridized carbons (Fsp3) is 0.300. The molecule has 0 aliphatic heterocycles. The summed E-state index contributed by atoms with van der Waals surface area (Å²) >= 11 is 3.46. The Balaban J connectivity index is 1.50. The number of urea groups is 1. The van der Waals surface area contributed by atoms with Crippen LogP contribution >= 0.6 is 15.9 Å². The van der Waals surface area contributed by atoms with Gasteiger partial charge in [0.05, 0.1) is 16.5 Å². The SMILES string of the molecule is COCCCNC(=O)Nc1ccc(Nc2ncc(Br)c(NCCc3c[nH]cn3)n2)cc1. The van der Waals surface area contributed by atoms with Gasteiger partial charge in [0.25, 0.3) is 0 Å². The van der Waals surface area contributed by atoms with Crippen LogP contribution in [-0.4, -0.2) is 52.8 Å². The van der Waals surface area contributed by atoms with Crippen molar-refractivity contribution in [2.24, 2.45) is 0 Å². The molecule has 2 amide bonds. The zero-order valence-electron chi connectivity index (χ0n) is 17.1. The Hall–Kier alpha value is -3.18. The van der Waals surface area contributed by atoms with Crippen molar-refractivity contribution in [3.8, 4) is 0 Å². The minimum atomic E-state index is -0.251. The van der Waals surface area contributed by atoms with E-state index in [4.69, 9.17) is 4.74 Å². The molecule has 2 aromatic heterocycles. The fourth-order valence-corrected chi connectivity index (χ4v) is 2.98. The van der Waals surface area contributed by atoms with Crippen molar-refractivity contribution in [3.63, 3.8) is 0 Å². The largest absolute Gasteiger partial charge is 0.385 e. The van der Waals surface area contributed by atoms with Crippen LogP contribution in [-0.2, 0) is 11.2 Å². The maximum Gasteiger partial charge on any atom is 0.319 e. The van der Waals surface area contributed by atoms with Crippen molar-refractivity contribution in [1.29, 1.82) is 0 Å². The molecule has 3 aromatic rings. The quantitative estimate of drug-likeness (QED) is 0.261. The summed E-state index contributed by atoms with van der Waals surface area (Å²) in [7, 11) is 1.63. The number of methoxy groups -OCH3 is 1. The Morgan fingerprint density at radius 1 is 1.16 bits per heavy atom. The highest BCUT2D eigenvalue weighted by atomic mass is 79.9. The number of amides is 2. The number of benzene rings is 1. The number of aromatic amines is 1. The molecule has 31 heavy (non-hydrogen) atoms. The van der Waals surface area contributed by atoms with Gasteiger partial charge in [0.15, 0.2) is 0 Å². The second-order valence-corrected chi connectivity index (χ2v) is 7.41. The number of aromatic nitrogens is 4. The minimum Gasteiger partial charge on any atom is -0.385 e. The zero-order valence-corrected chi connectivity index (χ0v) is 18.7. The van der Waals surface area contributed by atoms with Gasteiger partial charge in [-0.15, -0.1) is 0 Å². The number of carbonyl (C=O) groups is 1. The highest BCUT2D eigenvalue weighted by Gasteiger charge is 2.07. The second-order valence-electron chi connectivity index (χ2n) is 6.56. The molecule has 3 rings (SSSR count). The van der Waals surface area contributed by atoms with Gasteiger partial charge in [-0.3, -0.25) is 0 Å². The first-order valence-electron chi connectivity index (χ1n) is 9.79. The molecular formula is C20H25BrN8O2. The van der Waals surface area contributed by atoms with E-state index < -0.39 is 0 Å². The Morgan fingerprint density at radius 2 is 1.97 bits per heavy atom. The van der Waals surface area contributed by atoms with Crippen molar-refractivity contribution < 1.29 is 9.53 Å². The molecule has 0 aliphatic rings. The highest BCUT2D eigenvalue weighted by Crippen LogP contribution is 2.22. The molecule has 2 heterocycles. The van der Waals surface area contributed by atoms with Crippen LogP contribution in [0.15, 0.2) is 47.5 Å². The molecule has 164 valence electrons. The molecule has 0 unspecified atom stereocenters. The van der Waals surface area contributed by atoms with Crippen LogP contribution in [0.3, 0.4) is 0 Å². The van der Waals surface area contributed by atoms with Crippen LogP contribution in [0.4, 0.5) is 27.9 Å². The topological polar surface area (TPSA) is 129 Å². The summed E-state index contributed by atoms with van der Waals surface area (Å²) in [6, 6.07) is 7.05. The lowest BCUT2D eigenvalue weighted by atomic mass is 10.3. The van der Waals surface area contributed by atoms with Gasteiger partial charge in [-0.25, -0.2) is 14.8 Å². The number of nitrogens with one attached hydrogen (secondary N) is 5. The summed E-state index contributed by atoms with van der Waals surface area (Å²) in [5.74, 6) is 1.15. The van der Waals surface area contributed by atoms with E-state index in [1.165, 1.54) is 0 Å². The first-order valence-corrected chi connectivity index (χ1v) is 10.6. The number of hydrogen-bond acceptors (Lipinski definition) is 7. The van der Waals surface area contributed by atoms with E-state index in [9.17, 15) is 4.79 Å². The third-order valence-electron chi connectivity index (χ3n) is 4.18. The predicted molar refractivity (Wildman–Crippen MR) is 124 cm³/mol. The zero-order chi connectivity index (χ0) is 21.9. The van der Waals surface area contributed by atoms with Gasteiger partial charge in [-0.1, -0.05) is 0 Å². The molecular weight excluding hydrogens is 464 g/mol. The smallest absolute Gasteiger partial charge is 0.319 e. The molecule has 10 nitrogen and oxygen atoms in total. The van der Waals surface area contributed by atoms with Gasteiger partial charge in [-0.2, -0.15) is 4.98 Å². The average molecular weight is 489 g/mol. The number of rotatable bonds is 11. The van der Waals surface area contributed by atoms with Gasteiger partial charge in [0.2, 0.25) is 5.95 Å². The van der Waals surface area contributed by atoms with Gasteiger partial charge in [0, 0.05) is 57.0 Å². The summed E-state index contributed by atoms with van der Waals surface area (Å²) in [6.45, 7) is 1.85. The number of H-pyrrole nitrogens is 1. The summed E-state index contributed by atoms with van der Waals surface area (Å²) in [6.07, 6.45) is 6.76. The third-order valence-corrected chi connectivity index (χ3v) is 4.76. The number of anilines is 4. The number of ether oxygens (including phenoxy) is 1. The maximum absolute atomic E-state index is 11.9. The van der Waals surface area contributed by atoms with Crippen molar-refractivity contribution in [2.45, 2.75) is 12.8 Å². The first kappa shape index (κ1) is 22.5. The van der Waals surface area contributed by atoms with E-state index >= 15 is 0 Å². The van der Waals surface area contributed by atoms with Gasteiger partial charge in [-0.05, 0) is 46.6 Å². The number of imidazole rings is 1. The molecule has 0 atom stereocenters. The molecule has 0 saturated heterocycles. The summed E-state index contributed by atoms with van der Waals surface area (Å²) < 4.78 is 5.73. The van der Waals surface area contributed by atoms with Crippen LogP contribution in [0, 0.1) is 0 Å². The average Bonchev–Trinajstić information content (AvgIpc) is 3.28. The lowest BCUT2D eigenvalue weighted by Crippen LogP contribution is -2.29. The predicted octanol–water partition coefficient (Wildman–Crippen LogP) is 3.52. The van der Waals surface area contributed by atoms with Crippen LogP contribution in [0.5, 0.6) is 0 Å². The molecule has 0 fully saturated rings. The van der Waals surface area contributed by atoms with Crippen molar-refractivity contribution in [2.75, 3.05) is 42.8 Å². The molecule has 0 bridgehead atoms. The molecule has 11 heteroatoms. The second kappa shape index (κ2) is 11.9. The van der Waals surface area contributed by atoms with E-state index in [1.54, 1.807) is 31.8 Å². The van der Waals surface area contributed by atoms with Gasteiger partial charge < -0.3 is 31.0 Å². The number of carbonyl (C=O) groups excluding carboxylic acids is 1. The van der Waals surface area contributed by atoms with E-state index in [-0.39, 0.29) is 6.03 Å². The molecule has 0 spiro atoms. The Bertz CT molecular complexity index is 950. The number of halogens is 1. The Labute approximate surface area is 188 Å². The normalized spacial score (nSPS) is 10.5. The van der Waals surface area contributed by atoms with Crippen LogP contribution < -0.4 is 21.3 Å². The Kier molecular flexibility index (Phi) is 8.61. The van der Waals surface area contributed by atoms with E-state index in [0.29, 0.717) is 37.1 Å². The van der Waals surface area contributed by atoms with Crippen LogP contribution in [0.25, 0.3) is 0 Å². The van der Waals surface area contributed by atoms with E-state index in [2.05, 4.69) is 57.1 Å². The van der Waals surface area contributed by atoms with E-state index in [1.807, 2.05) is 18.3 Å². The molecule has 1 aromatic carbocycles. The lowest BCUT2D eigenvalue weighted by molar-refractivity contribution is 0.194. The standard InChI is InChI=1S/C20H25BrN8O2/c1-31-10-2-8-24-20(30)28-15-5-3-14(4-6-15)27-19-25-12-17(21)18(29-19)23-9-7-16-11-22-13-26-16/h3-6,11-13H,2,7-10H2,1H3,(H,22,26)(H2,24,28,30)(H2,23,25,27,29). The molecule has 0 radical (unpaired) electrons. The van der Waals surface area contributed by atoms with Crippen molar-refractivity contribution >= 4 is 45.1 Å². The maximum atomic E-state index is 11.9. The van der Waals surface area contributed by atoms with Gasteiger partial charge >= 0.3 is 6.03 Å². The highest BCUT2D eigenvalue weighted by molar-refractivity contribution is 9.10. The summed E-state index contributed by atoms with van der Waals surface area (Å²) in [5, 5.41) is 12.0. The fourth-order valence-electron chi connectivity index (χ4n) is 2.65. The van der Waals surface area contributed by atoms with Gasteiger partial charge in [0.1, 0.15) is 5.82 Å². The summed E-state index contributed by atoms with van der Waals surface area (Å²) in [5.41, 5.74) is 2.47.